The molecule has 0 spiro atoms. The van der Waals surface area contributed by atoms with Crippen molar-refractivity contribution in [2.24, 2.45) is 0 Å². The van der Waals surface area contributed by atoms with E-state index in [9.17, 15) is 4.79 Å². The molecular weight excluding hydrogens is 454 g/mol. The number of aromatic amines is 1. The Morgan fingerprint density at radius 2 is 1.94 bits per heavy atom. The van der Waals surface area contributed by atoms with Crippen molar-refractivity contribution in [3.05, 3.63) is 51.1 Å². The maximum Gasteiger partial charge on any atom is 0.252 e. The molecule has 0 amide bonds. The number of benzene rings is 1. The van der Waals surface area contributed by atoms with Crippen molar-refractivity contribution in [3.8, 4) is 0 Å². The van der Waals surface area contributed by atoms with Crippen molar-refractivity contribution in [2.75, 3.05) is 39.4 Å². The van der Waals surface area contributed by atoms with Crippen LogP contribution in [0.25, 0.3) is 10.9 Å². The number of ether oxygens (including phenoxy) is 1. The van der Waals surface area contributed by atoms with Crippen molar-refractivity contribution in [1.29, 1.82) is 0 Å². The molecule has 9 nitrogen and oxygen atoms in total. The van der Waals surface area contributed by atoms with Crippen LogP contribution < -0.4 is 5.56 Å². The van der Waals surface area contributed by atoms with Gasteiger partial charge in [-0.2, -0.15) is 0 Å². The third-order valence-electron chi connectivity index (χ3n) is 7.87. The van der Waals surface area contributed by atoms with Crippen LogP contribution in [-0.2, 0) is 16.8 Å². The van der Waals surface area contributed by atoms with Crippen LogP contribution in [0.5, 0.6) is 0 Å². The molecule has 1 aliphatic rings. The van der Waals surface area contributed by atoms with Crippen molar-refractivity contribution in [3.63, 3.8) is 0 Å². The second kappa shape index (κ2) is 11.2. The SMILES string of the molecule is CC[C@@H](c1nnnn1C(C)(C)CC)N(CCN1CCOCC1)Cc1cc2ccc(C)c(C)c2[nH]c1=O. The number of nitrogens with one attached hydrogen (secondary N) is 1. The van der Waals surface area contributed by atoms with Gasteiger partial charge in [0.25, 0.3) is 5.56 Å². The molecule has 1 aromatic carbocycles. The highest BCUT2D eigenvalue weighted by Gasteiger charge is 2.31. The van der Waals surface area contributed by atoms with E-state index in [0.29, 0.717) is 6.54 Å². The Hall–Kier alpha value is -2.62. The van der Waals surface area contributed by atoms with Crippen molar-refractivity contribution < 1.29 is 4.74 Å². The molecule has 0 bridgehead atoms. The van der Waals surface area contributed by atoms with Gasteiger partial charge in [-0.3, -0.25) is 14.6 Å². The lowest BCUT2D eigenvalue weighted by Crippen LogP contribution is -2.43. The van der Waals surface area contributed by atoms with Crippen LogP contribution in [0, 0.1) is 13.8 Å². The quantitative estimate of drug-likeness (QED) is 0.460. The molecule has 1 fully saturated rings. The third kappa shape index (κ3) is 5.53. The summed E-state index contributed by atoms with van der Waals surface area (Å²) in [5, 5.41) is 14.0. The minimum absolute atomic E-state index is 0.0123. The van der Waals surface area contributed by atoms with Crippen molar-refractivity contribution >= 4 is 10.9 Å². The van der Waals surface area contributed by atoms with Crippen molar-refractivity contribution in [2.45, 2.75) is 72.5 Å². The molecule has 3 heterocycles. The molecule has 1 saturated heterocycles. The maximum atomic E-state index is 13.3. The topological polar surface area (TPSA) is 92.2 Å². The molecule has 0 unspecified atom stereocenters. The first-order valence-corrected chi connectivity index (χ1v) is 13.2. The van der Waals surface area contributed by atoms with Gasteiger partial charge in [0.1, 0.15) is 0 Å². The lowest BCUT2D eigenvalue weighted by molar-refractivity contribution is 0.0289. The number of pyridine rings is 1. The molecular formula is C27H41N7O2. The number of H-pyrrole nitrogens is 1. The highest BCUT2D eigenvalue weighted by Crippen LogP contribution is 2.29. The summed E-state index contributed by atoms with van der Waals surface area (Å²) >= 11 is 0. The van der Waals surface area contributed by atoms with Gasteiger partial charge >= 0.3 is 0 Å². The summed E-state index contributed by atoms with van der Waals surface area (Å²) in [6.07, 6.45) is 1.76. The Labute approximate surface area is 213 Å². The second-order valence-corrected chi connectivity index (χ2v) is 10.6. The molecule has 1 N–H and O–H groups in total. The zero-order chi connectivity index (χ0) is 25.9. The fraction of sp³-hybridized carbons (Fsp3) is 0.630. The summed E-state index contributed by atoms with van der Waals surface area (Å²) < 4.78 is 7.51. The van der Waals surface area contributed by atoms with Crippen LogP contribution >= 0.6 is 0 Å². The average Bonchev–Trinajstić information content (AvgIpc) is 3.37. The van der Waals surface area contributed by atoms with Crippen LogP contribution in [0.4, 0.5) is 0 Å². The van der Waals surface area contributed by atoms with E-state index < -0.39 is 0 Å². The molecule has 36 heavy (non-hydrogen) atoms. The number of nitrogens with zero attached hydrogens (tertiary/aromatic N) is 6. The zero-order valence-corrected chi connectivity index (χ0v) is 22.7. The van der Waals surface area contributed by atoms with Crippen molar-refractivity contribution in [1.82, 2.24) is 35.0 Å². The first-order valence-electron chi connectivity index (χ1n) is 13.2. The first-order chi connectivity index (χ1) is 17.2. The Bertz CT molecular complexity index is 1230. The smallest absolute Gasteiger partial charge is 0.252 e. The first kappa shape index (κ1) is 26.4. The van der Waals surface area contributed by atoms with E-state index in [4.69, 9.17) is 4.74 Å². The van der Waals surface area contributed by atoms with Gasteiger partial charge < -0.3 is 9.72 Å². The van der Waals surface area contributed by atoms with Gasteiger partial charge in [0.05, 0.1) is 30.3 Å². The van der Waals surface area contributed by atoms with Crippen LogP contribution in [0.3, 0.4) is 0 Å². The number of fused-ring (bicyclic) bond motifs is 1. The number of morpholine rings is 1. The predicted octanol–water partition coefficient (Wildman–Crippen LogP) is 3.56. The van der Waals surface area contributed by atoms with Gasteiger partial charge in [-0.25, -0.2) is 4.68 Å². The fourth-order valence-corrected chi connectivity index (χ4v) is 4.93. The van der Waals surface area contributed by atoms with E-state index >= 15 is 0 Å². The second-order valence-electron chi connectivity index (χ2n) is 10.6. The summed E-state index contributed by atoms with van der Waals surface area (Å²) in [5.41, 5.74) is 3.75. The Morgan fingerprint density at radius 3 is 2.64 bits per heavy atom. The summed E-state index contributed by atoms with van der Waals surface area (Å²) in [4.78, 5) is 21.2. The molecule has 3 aromatic rings. The summed E-state index contributed by atoms with van der Waals surface area (Å²) in [7, 11) is 0. The molecule has 0 aliphatic carbocycles. The molecule has 9 heteroatoms. The predicted molar refractivity (Wildman–Crippen MR) is 142 cm³/mol. The summed E-state index contributed by atoms with van der Waals surface area (Å²) in [6, 6.07) is 6.25. The van der Waals surface area contributed by atoms with E-state index in [1.807, 2.05) is 10.7 Å². The summed E-state index contributed by atoms with van der Waals surface area (Å²) in [6.45, 7) is 18.4. The molecule has 4 rings (SSSR count). The number of aryl methyl sites for hydroxylation is 2. The maximum absolute atomic E-state index is 13.3. The largest absolute Gasteiger partial charge is 0.379 e. The minimum atomic E-state index is -0.196. The molecule has 1 aliphatic heterocycles. The highest BCUT2D eigenvalue weighted by molar-refractivity contribution is 5.83. The standard InChI is InChI=1S/C27H41N7O2/c1-7-23(25-29-30-31-34(25)27(5,6)8-2)33(12-11-32-13-15-36-16-14-32)18-22-17-21-10-9-19(3)20(4)24(21)28-26(22)35/h9-10,17,23H,7-8,11-16,18H2,1-6H3,(H,28,35)/t23-/m0/s1. The number of aromatic nitrogens is 5. The highest BCUT2D eigenvalue weighted by atomic mass is 16.5. The van der Waals surface area contributed by atoms with E-state index in [0.717, 1.165) is 80.1 Å². The van der Waals surface area contributed by atoms with Gasteiger partial charge in [-0.05, 0) is 73.5 Å². The third-order valence-corrected chi connectivity index (χ3v) is 7.87. The number of hydrogen-bond acceptors (Lipinski definition) is 7. The van der Waals surface area contributed by atoms with Gasteiger partial charge in [0.15, 0.2) is 5.82 Å². The van der Waals surface area contributed by atoms with Gasteiger partial charge in [0, 0.05) is 38.3 Å². The van der Waals surface area contributed by atoms with Crippen LogP contribution in [0.2, 0.25) is 0 Å². The zero-order valence-electron chi connectivity index (χ0n) is 22.7. The van der Waals surface area contributed by atoms with Gasteiger partial charge in [0.2, 0.25) is 0 Å². The molecule has 1 atom stereocenters. The Morgan fingerprint density at radius 1 is 1.19 bits per heavy atom. The lowest BCUT2D eigenvalue weighted by atomic mass is 10.0. The minimum Gasteiger partial charge on any atom is -0.379 e. The summed E-state index contributed by atoms with van der Waals surface area (Å²) in [5.74, 6) is 0.856. The fourth-order valence-electron chi connectivity index (χ4n) is 4.93. The average molecular weight is 496 g/mol. The van der Waals surface area contributed by atoms with E-state index in [1.165, 1.54) is 5.56 Å². The van der Waals surface area contributed by atoms with Crippen LogP contribution in [0.15, 0.2) is 23.0 Å². The Kier molecular flexibility index (Phi) is 8.22. The number of rotatable bonds is 10. The Balaban J connectivity index is 1.69. The van der Waals surface area contributed by atoms with Gasteiger partial charge in [-0.15, -0.1) is 5.10 Å². The monoisotopic (exact) mass is 495 g/mol. The van der Waals surface area contributed by atoms with Gasteiger partial charge in [-0.1, -0.05) is 26.0 Å². The lowest BCUT2D eigenvalue weighted by Gasteiger charge is -2.35. The molecule has 2 aromatic heterocycles. The number of hydrogen-bond donors (Lipinski definition) is 1. The molecule has 196 valence electrons. The normalized spacial score (nSPS) is 16.2. The molecule has 0 saturated carbocycles. The van der Waals surface area contributed by atoms with Crippen LogP contribution in [0.1, 0.15) is 69.1 Å². The van der Waals surface area contributed by atoms with E-state index in [1.54, 1.807) is 0 Å². The van der Waals surface area contributed by atoms with E-state index in [2.05, 4.69) is 84.0 Å². The van der Waals surface area contributed by atoms with Crippen LogP contribution in [-0.4, -0.2) is 74.4 Å². The number of tetrazole rings is 1. The molecule has 0 radical (unpaired) electrons. The van der Waals surface area contributed by atoms with E-state index in [-0.39, 0.29) is 17.1 Å².